The van der Waals surface area contributed by atoms with E-state index in [1.807, 2.05) is 36.4 Å². The van der Waals surface area contributed by atoms with Crippen LogP contribution in [0, 0.1) is 0 Å². The zero-order valence-electron chi connectivity index (χ0n) is 14.5. The Morgan fingerprint density at radius 2 is 1.79 bits per heavy atom. The van der Waals surface area contributed by atoms with Gasteiger partial charge in [-0.3, -0.25) is 5.43 Å². The molecule has 0 bridgehead atoms. The Balaban J connectivity index is 1.36. The van der Waals surface area contributed by atoms with Crippen molar-refractivity contribution in [2.75, 3.05) is 5.43 Å². The van der Waals surface area contributed by atoms with Crippen LogP contribution in [-0.4, -0.2) is 17.2 Å². The summed E-state index contributed by atoms with van der Waals surface area (Å²) in [7, 11) is 0. The summed E-state index contributed by atoms with van der Waals surface area (Å²) in [5, 5.41) is 5.50. The van der Waals surface area contributed by atoms with Crippen LogP contribution in [0.5, 0.6) is 5.75 Å². The number of rotatable bonds is 5. The van der Waals surface area contributed by atoms with E-state index < -0.39 is 5.97 Å². The van der Waals surface area contributed by atoms with E-state index in [1.165, 1.54) is 11.3 Å². The molecule has 4 rings (SSSR count). The first-order chi connectivity index (χ1) is 13.7. The number of para-hydroxylation sites is 1. The van der Waals surface area contributed by atoms with Crippen molar-refractivity contribution in [2.45, 2.75) is 0 Å². The van der Waals surface area contributed by atoms with E-state index in [-0.39, 0.29) is 0 Å². The monoisotopic (exact) mass is 407 g/mol. The molecular formula is C21H14ClN3O2S. The number of benzene rings is 3. The largest absolute Gasteiger partial charge is 0.423 e. The van der Waals surface area contributed by atoms with Crippen LogP contribution in [0.3, 0.4) is 0 Å². The zero-order chi connectivity index (χ0) is 19.3. The number of nitrogens with one attached hydrogen (secondary N) is 1. The summed E-state index contributed by atoms with van der Waals surface area (Å²) in [6, 6.07) is 21.5. The number of ether oxygens (including phenoxy) is 1. The van der Waals surface area contributed by atoms with Crippen LogP contribution in [0.2, 0.25) is 5.02 Å². The molecule has 0 saturated carbocycles. The molecule has 28 heavy (non-hydrogen) atoms. The maximum absolute atomic E-state index is 12.1. The molecule has 1 heterocycles. The van der Waals surface area contributed by atoms with Gasteiger partial charge in [-0.2, -0.15) is 5.10 Å². The van der Waals surface area contributed by atoms with E-state index in [9.17, 15) is 4.79 Å². The lowest BCUT2D eigenvalue weighted by Crippen LogP contribution is -2.08. The summed E-state index contributed by atoms with van der Waals surface area (Å²) in [5.41, 5.74) is 5.18. The van der Waals surface area contributed by atoms with Crippen LogP contribution in [0.25, 0.3) is 10.2 Å². The molecule has 0 spiro atoms. The fourth-order valence-electron chi connectivity index (χ4n) is 2.46. The number of hydrogen-bond donors (Lipinski definition) is 1. The number of anilines is 1. The second-order valence-electron chi connectivity index (χ2n) is 5.82. The molecule has 0 aliphatic heterocycles. The second kappa shape index (κ2) is 8.21. The van der Waals surface area contributed by atoms with Crippen molar-refractivity contribution in [2.24, 2.45) is 5.10 Å². The predicted molar refractivity (Wildman–Crippen MR) is 114 cm³/mol. The van der Waals surface area contributed by atoms with Crippen molar-refractivity contribution >= 4 is 50.5 Å². The van der Waals surface area contributed by atoms with E-state index >= 15 is 0 Å². The quantitative estimate of drug-likeness (QED) is 0.202. The van der Waals surface area contributed by atoms with E-state index in [1.54, 1.807) is 42.6 Å². The molecule has 0 atom stereocenters. The average molecular weight is 408 g/mol. The van der Waals surface area contributed by atoms with Gasteiger partial charge in [0.05, 0.1) is 22.0 Å². The van der Waals surface area contributed by atoms with Crippen molar-refractivity contribution < 1.29 is 9.53 Å². The zero-order valence-corrected chi connectivity index (χ0v) is 16.1. The number of halogens is 1. The third-order valence-electron chi connectivity index (χ3n) is 3.84. The minimum Gasteiger partial charge on any atom is -0.423 e. The van der Waals surface area contributed by atoms with E-state index in [0.717, 1.165) is 20.9 Å². The van der Waals surface area contributed by atoms with Crippen molar-refractivity contribution in [3.8, 4) is 5.75 Å². The van der Waals surface area contributed by atoms with Crippen LogP contribution in [-0.2, 0) is 0 Å². The van der Waals surface area contributed by atoms with Gasteiger partial charge in [0.15, 0.2) is 0 Å². The molecule has 0 amide bonds. The number of hydrogen-bond acceptors (Lipinski definition) is 6. The highest BCUT2D eigenvalue weighted by atomic mass is 35.5. The van der Waals surface area contributed by atoms with Crippen LogP contribution < -0.4 is 10.2 Å². The Kier molecular flexibility index (Phi) is 5.32. The molecule has 0 unspecified atom stereocenters. The van der Waals surface area contributed by atoms with Crippen molar-refractivity contribution in [3.05, 3.63) is 88.9 Å². The maximum Gasteiger partial charge on any atom is 0.343 e. The number of carbonyl (C=O) groups excluding carboxylic acids is 1. The Hall–Kier alpha value is -3.22. The first-order valence-electron chi connectivity index (χ1n) is 8.40. The lowest BCUT2D eigenvalue weighted by molar-refractivity contribution is 0.0735. The molecule has 1 N–H and O–H groups in total. The van der Waals surface area contributed by atoms with E-state index in [0.29, 0.717) is 16.3 Å². The second-order valence-corrected chi connectivity index (χ2v) is 7.29. The molecule has 0 fully saturated rings. The van der Waals surface area contributed by atoms with Crippen molar-refractivity contribution in [1.29, 1.82) is 0 Å². The highest BCUT2D eigenvalue weighted by Crippen LogP contribution is 2.25. The van der Waals surface area contributed by atoms with Gasteiger partial charge in [0.2, 0.25) is 5.13 Å². The van der Waals surface area contributed by atoms with Crippen LogP contribution in [0.15, 0.2) is 77.9 Å². The highest BCUT2D eigenvalue weighted by molar-refractivity contribution is 7.22. The number of aromatic nitrogens is 1. The summed E-state index contributed by atoms with van der Waals surface area (Å²) < 4.78 is 6.46. The summed E-state index contributed by atoms with van der Waals surface area (Å²) in [6.07, 6.45) is 1.68. The highest BCUT2D eigenvalue weighted by Gasteiger charge is 2.08. The SMILES string of the molecule is O=C(Oc1ccc(/C=N/Nc2nc3ccccc3s2)cc1)c1ccc(Cl)cc1. The Morgan fingerprint density at radius 3 is 2.54 bits per heavy atom. The molecule has 0 saturated heterocycles. The van der Waals surface area contributed by atoms with Gasteiger partial charge >= 0.3 is 5.97 Å². The summed E-state index contributed by atoms with van der Waals surface area (Å²) >= 11 is 7.36. The average Bonchev–Trinajstić information content (AvgIpc) is 3.12. The molecule has 1 aromatic heterocycles. The van der Waals surface area contributed by atoms with Gasteiger partial charge in [0.25, 0.3) is 0 Å². The minimum absolute atomic E-state index is 0.435. The molecule has 4 aromatic rings. The van der Waals surface area contributed by atoms with Gasteiger partial charge in [0, 0.05) is 5.02 Å². The predicted octanol–water partition coefficient (Wildman–Crippen LogP) is 5.61. The summed E-state index contributed by atoms with van der Waals surface area (Å²) in [4.78, 5) is 16.6. The Labute approximate surface area is 170 Å². The third kappa shape index (κ3) is 4.36. The molecule has 0 aliphatic rings. The number of hydrazone groups is 1. The first-order valence-corrected chi connectivity index (χ1v) is 9.59. The fourth-order valence-corrected chi connectivity index (χ4v) is 3.40. The number of nitrogens with zero attached hydrogens (tertiary/aromatic N) is 2. The molecule has 138 valence electrons. The van der Waals surface area contributed by atoms with Crippen LogP contribution in [0.4, 0.5) is 5.13 Å². The van der Waals surface area contributed by atoms with Gasteiger partial charge in [-0.1, -0.05) is 35.1 Å². The fraction of sp³-hybridized carbons (Fsp3) is 0. The van der Waals surface area contributed by atoms with Gasteiger partial charge in [-0.25, -0.2) is 9.78 Å². The molecular weight excluding hydrogens is 394 g/mol. The molecule has 7 heteroatoms. The van der Waals surface area contributed by atoms with Crippen LogP contribution >= 0.6 is 22.9 Å². The Morgan fingerprint density at radius 1 is 1.04 bits per heavy atom. The third-order valence-corrected chi connectivity index (χ3v) is 5.03. The van der Waals surface area contributed by atoms with Gasteiger partial charge in [0.1, 0.15) is 5.75 Å². The maximum atomic E-state index is 12.1. The number of esters is 1. The van der Waals surface area contributed by atoms with Gasteiger partial charge in [-0.15, -0.1) is 0 Å². The lowest BCUT2D eigenvalue weighted by atomic mass is 10.2. The van der Waals surface area contributed by atoms with Gasteiger partial charge < -0.3 is 4.74 Å². The molecule has 0 radical (unpaired) electrons. The van der Waals surface area contributed by atoms with Crippen LogP contribution in [0.1, 0.15) is 15.9 Å². The molecule has 3 aromatic carbocycles. The number of thiazole rings is 1. The van der Waals surface area contributed by atoms with E-state index in [4.69, 9.17) is 16.3 Å². The number of carbonyl (C=O) groups is 1. The van der Waals surface area contributed by atoms with E-state index in [2.05, 4.69) is 15.5 Å². The van der Waals surface area contributed by atoms with Gasteiger partial charge in [-0.05, 0) is 66.2 Å². The van der Waals surface area contributed by atoms with Crippen molar-refractivity contribution in [3.63, 3.8) is 0 Å². The minimum atomic E-state index is -0.435. The smallest absolute Gasteiger partial charge is 0.343 e. The topological polar surface area (TPSA) is 63.6 Å². The molecule has 5 nitrogen and oxygen atoms in total. The summed E-state index contributed by atoms with van der Waals surface area (Å²) in [5.74, 6) is 0.0202. The normalized spacial score (nSPS) is 11.0. The Bertz CT molecular complexity index is 1110. The van der Waals surface area contributed by atoms with Crippen molar-refractivity contribution in [1.82, 2.24) is 4.98 Å². The standard InChI is InChI=1S/C21H14ClN3O2S/c22-16-9-7-15(8-10-16)20(26)27-17-11-5-14(6-12-17)13-23-25-21-24-18-3-1-2-4-19(18)28-21/h1-13H,(H,24,25)/b23-13+. The summed E-state index contributed by atoms with van der Waals surface area (Å²) in [6.45, 7) is 0. The first kappa shape index (κ1) is 18.2. The molecule has 0 aliphatic carbocycles. The lowest BCUT2D eigenvalue weighted by Gasteiger charge is -2.04. The number of fused-ring (bicyclic) bond motifs is 1.